The first kappa shape index (κ1) is 19.2. The summed E-state index contributed by atoms with van der Waals surface area (Å²) in [6.45, 7) is 3.90. The number of nitrogens with zero attached hydrogens (tertiary/aromatic N) is 1. The summed E-state index contributed by atoms with van der Waals surface area (Å²) in [5.41, 5.74) is 3.63. The van der Waals surface area contributed by atoms with Crippen molar-refractivity contribution < 1.29 is 14.4 Å². The minimum atomic E-state index is -0.185. The molecule has 0 saturated carbocycles. The van der Waals surface area contributed by atoms with Gasteiger partial charge in [-0.1, -0.05) is 6.92 Å². The minimum absolute atomic E-state index is 0. The maximum Gasteiger partial charge on any atom is 0.251 e. The maximum atomic E-state index is 12.4. The first-order valence-electron chi connectivity index (χ1n) is 8.28. The monoisotopic (exact) mass is 366 g/mol. The van der Waals surface area contributed by atoms with Gasteiger partial charge >= 0.3 is 0 Å². The van der Waals surface area contributed by atoms with Crippen molar-refractivity contribution in [3.63, 3.8) is 0 Å². The molecule has 2 saturated heterocycles. The van der Waals surface area contributed by atoms with Crippen molar-refractivity contribution in [2.45, 2.75) is 32.2 Å². The van der Waals surface area contributed by atoms with Crippen molar-refractivity contribution in [3.8, 4) is 0 Å². The van der Waals surface area contributed by atoms with Gasteiger partial charge in [0.05, 0.1) is 5.69 Å². The third-order valence-corrected chi connectivity index (χ3v) is 4.58. The van der Waals surface area contributed by atoms with Crippen molar-refractivity contribution in [1.29, 1.82) is 0 Å². The fraction of sp³-hybridized carbons (Fsp3) is 0.471. The number of carbonyl (C=O) groups excluding carboxylic acids is 3. The molecule has 2 fully saturated rings. The lowest BCUT2D eigenvalue weighted by molar-refractivity contribution is -0.130. The van der Waals surface area contributed by atoms with E-state index in [1.54, 1.807) is 24.3 Å². The van der Waals surface area contributed by atoms with Gasteiger partial charge in [0.1, 0.15) is 0 Å². The Bertz CT molecular complexity index is 650. The number of anilines is 1. The van der Waals surface area contributed by atoms with Crippen LogP contribution in [-0.4, -0.2) is 36.9 Å². The highest BCUT2D eigenvalue weighted by Crippen LogP contribution is 2.18. The van der Waals surface area contributed by atoms with E-state index in [9.17, 15) is 14.4 Å². The van der Waals surface area contributed by atoms with Gasteiger partial charge in [0.2, 0.25) is 11.8 Å². The van der Waals surface area contributed by atoms with Crippen LogP contribution in [0.3, 0.4) is 0 Å². The largest absolute Gasteiger partial charge is 0.348 e. The lowest BCUT2D eigenvalue weighted by Crippen LogP contribution is -2.50. The van der Waals surface area contributed by atoms with E-state index in [-0.39, 0.29) is 49.0 Å². The first-order chi connectivity index (χ1) is 11.5. The second kappa shape index (κ2) is 8.31. The molecule has 0 bridgehead atoms. The number of halogens is 1. The van der Waals surface area contributed by atoms with E-state index >= 15 is 0 Å². The van der Waals surface area contributed by atoms with Crippen LogP contribution in [0.15, 0.2) is 24.3 Å². The molecule has 3 N–H and O–H groups in total. The van der Waals surface area contributed by atoms with Gasteiger partial charge in [0, 0.05) is 31.0 Å². The molecule has 136 valence electrons. The van der Waals surface area contributed by atoms with Crippen LogP contribution in [0.4, 0.5) is 5.69 Å². The molecule has 0 radical (unpaired) electrons. The van der Waals surface area contributed by atoms with E-state index in [0.717, 1.165) is 19.5 Å². The summed E-state index contributed by atoms with van der Waals surface area (Å²) in [5.74, 6) is -0.0316. The summed E-state index contributed by atoms with van der Waals surface area (Å²) >= 11 is 0. The van der Waals surface area contributed by atoms with Crippen molar-refractivity contribution in [2.24, 2.45) is 5.92 Å². The summed E-state index contributed by atoms with van der Waals surface area (Å²) in [6.07, 6.45) is 1.45. The first-order valence-corrected chi connectivity index (χ1v) is 8.28. The predicted octanol–water partition coefficient (Wildman–Crippen LogP) is 0.994. The second-order valence-electron chi connectivity index (χ2n) is 6.36. The molecule has 8 heteroatoms. The van der Waals surface area contributed by atoms with Gasteiger partial charge < -0.3 is 10.6 Å². The van der Waals surface area contributed by atoms with E-state index in [2.05, 4.69) is 23.0 Å². The number of hydrogen-bond acceptors (Lipinski definition) is 4. The average Bonchev–Trinajstić information content (AvgIpc) is 2.59. The Kier molecular flexibility index (Phi) is 6.39. The predicted molar refractivity (Wildman–Crippen MR) is 96.5 cm³/mol. The second-order valence-corrected chi connectivity index (χ2v) is 6.36. The van der Waals surface area contributed by atoms with Crippen LogP contribution >= 0.6 is 12.4 Å². The van der Waals surface area contributed by atoms with Crippen LogP contribution < -0.4 is 21.1 Å². The molecule has 2 atom stereocenters. The number of rotatable bonds is 3. The minimum Gasteiger partial charge on any atom is -0.348 e. The Morgan fingerprint density at radius 3 is 2.60 bits per heavy atom. The molecule has 2 aliphatic rings. The van der Waals surface area contributed by atoms with Crippen molar-refractivity contribution >= 4 is 35.8 Å². The van der Waals surface area contributed by atoms with E-state index in [1.807, 2.05) is 0 Å². The standard InChI is InChI=1S/C17H22N4O3.ClH/c1-11-8-9-18-10-14(11)19-17(24)12-2-4-13(5-3-12)21-16(23)7-6-15(22)20-21;/h2-5,11,14,18H,6-10H2,1H3,(H,19,24)(H,20,22);1H. The molecule has 3 rings (SSSR count). The van der Waals surface area contributed by atoms with Crippen LogP contribution in [0, 0.1) is 5.92 Å². The van der Waals surface area contributed by atoms with Crippen LogP contribution in [0.25, 0.3) is 0 Å². The van der Waals surface area contributed by atoms with Gasteiger partial charge in [-0.15, -0.1) is 12.4 Å². The molecule has 2 unspecified atom stereocenters. The zero-order valence-corrected chi connectivity index (χ0v) is 14.9. The lowest BCUT2D eigenvalue weighted by atomic mass is 9.94. The van der Waals surface area contributed by atoms with E-state index in [0.29, 0.717) is 17.2 Å². The molecule has 2 heterocycles. The van der Waals surface area contributed by atoms with Crippen LogP contribution in [-0.2, 0) is 9.59 Å². The fourth-order valence-corrected chi connectivity index (χ4v) is 2.98. The Morgan fingerprint density at radius 2 is 1.92 bits per heavy atom. The molecule has 2 aliphatic heterocycles. The maximum absolute atomic E-state index is 12.4. The Labute approximate surface area is 152 Å². The number of benzene rings is 1. The molecule has 1 aromatic carbocycles. The van der Waals surface area contributed by atoms with Crippen molar-refractivity contribution in [3.05, 3.63) is 29.8 Å². The topological polar surface area (TPSA) is 90.5 Å². The highest BCUT2D eigenvalue weighted by molar-refractivity contribution is 6.01. The number of hydrogen-bond donors (Lipinski definition) is 3. The molecule has 0 aromatic heterocycles. The van der Waals surface area contributed by atoms with Gasteiger partial charge in [-0.3, -0.25) is 19.8 Å². The SMILES string of the molecule is CC1CCNCC1NC(=O)c1ccc(N2NC(=O)CCC2=O)cc1.Cl. The van der Waals surface area contributed by atoms with Gasteiger partial charge in [-0.2, -0.15) is 0 Å². The summed E-state index contributed by atoms with van der Waals surface area (Å²) in [7, 11) is 0. The summed E-state index contributed by atoms with van der Waals surface area (Å²) in [5, 5.41) is 7.57. The molecular formula is C17H23ClN4O3. The van der Waals surface area contributed by atoms with Crippen molar-refractivity contribution in [1.82, 2.24) is 16.1 Å². The summed E-state index contributed by atoms with van der Waals surface area (Å²) in [4.78, 5) is 35.7. The van der Waals surface area contributed by atoms with Gasteiger partial charge in [0.15, 0.2) is 0 Å². The quantitative estimate of drug-likeness (QED) is 0.744. The Hall–Kier alpha value is -2.12. The average molecular weight is 367 g/mol. The number of carbonyl (C=O) groups is 3. The summed E-state index contributed by atoms with van der Waals surface area (Å²) < 4.78 is 0. The van der Waals surface area contributed by atoms with Gasteiger partial charge in [-0.05, 0) is 43.1 Å². The van der Waals surface area contributed by atoms with Crippen LogP contribution in [0.5, 0.6) is 0 Å². The lowest BCUT2D eigenvalue weighted by Gasteiger charge is -2.30. The smallest absolute Gasteiger partial charge is 0.251 e. The number of amides is 3. The van der Waals surface area contributed by atoms with Crippen LogP contribution in [0.2, 0.25) is 0 Å². The normalized spacial score (nSPS) is 23.5. The van der Waals surface area contributed by atoms with E-state index < -0.39 is 0 Å². The van der Waals surface area contributed by atoms with E-state index in [1.165, 1.54) is 5.01 Å². The molecule has 1 aromatic rings. The third-order valence-electron chi connectivity index (χ3n) is 4.58. The van der Waals surface area contributed by atoms with Crippen molar-refractivity contribution in [2.75, 3.05) is 18.1 Å². The molecule has 0 spiro atoms. The van der Waals surface area contributed by atoms with E-state index in [4.69, 9.17) is 0 Å². The fourth-order valence-electron chi connectivity index (χ4n) is 2.98. The zero-order chi connectivity index (χ0) is 17.1. The Balaban J connectivity index is 0.00000225. The highest BCUT2D eigenvalue weighted by Gasteiger charge is 2.25. The number of piperidine rings is 1. The molecule has 0 aliphatic carbocycles. The molecular weight excluding hydrogens is 344 g/mol. The third kappa shape index (κ3) is 4.49. The Morgan fingerprint density at radius 1 is 1.20 bits per heavy atom. The summed E-state index contributed by atoms with van der Waals surface area (Å²) in [6, 6.07) is 6.79. The zero-order valence-electron chi connectivity index (χ0n) is 14.1. The molecule has 3 amide bonds. The number of hydrazine groups is 1. The van der Waals surface area contributed by atoms with Gasteiger partial charge in [-0.25, -0.2) is 5.01 Å². The van der Waals surface area contributed by atoms with Gasteiger partial charge in [0.25, 0.3) is 5.91 Å². The molecule has 25 heavy (non-hydrogen) atoms. The molecule has 7 nitrogen and oxygen atoms in total. The highest BCUT2D eigenvalue weighted by atomic mass is 35.5. The number of nitrogens with one attached hydrogen (secondary N) is 3. The van der Waals surface area contributed by atoms with Crippen LogP contribution in [0.1, 0.15) is 36.5 Å².